The number of benzene rings is 2. The zero-order chi connectivity index (χ0) is 10.7. The smallest absolute Gasteiger partial charge is 0.0356 e. The van der Waals surface area contributed by atoms with E-state index in [1.165, 1.54) is 19.9 Å². The van der Waals surface area contributed by atoms with Crippen molar-refractivity contribution in [3.05, 3.63) is 45.5 Å². The highest BCUT2D eigenvalue weighted by Crippen LogP contribution is 2.23. The highest BCUT2D eigenvalue weighted by molar-refractivity contribution is 14.1. The van der Waals surface area contributed by atoms with Crippen molar-refractivity contribution in [1.29, 1.82) is 0 Å². The number of hydrogen-bond donors (Lipinski definition) is 0. The predicted molar refractivity (Wildman–Crippen MR) is 73.8 cm³/mol. The molecule has 1 heteroatoms. The molecule has 0 atom stereocenters. The fourth-order valence-corrected chi connectivity index (χ4v) is 2.33. The molecule has 74 valence electrons. The second-order valence-corrected chi connectivity index (χ2v) is 4.51. The Morgan fingerprint density at radius 1 is 1.13 bits per heavy atom. The number of halogens is 1. The summed E-state index contributed by atoms with van der Waals surface area (Å²) >= 11 is 2.38. The summed E-state index contributed by atoms with van der Waals surface area (Å²) in [5, 5.41) is 2.62. The van der Waals surface area contributed by atoms with E-state index in [-0.39, 0.29) is 0 Å². The lowest BCUT2D eigenvalue weighted by atomic mass is 10.0. The van der Waals surface area contributed by atoms with Crippen molar-refractivity contribution in [2.24, 2.45) is 0 Å². The molecule has 0 spiro atoms. The van der Waals surface area contributed by atoms with Gasteiger partial charge in [-0.15, -0.1) is 5.92 Å². The van der Waals surface area contributed by atoms with E-state index in [1.807, 2.05) is 6.92 Å². The van der Waals surface area contributed by atoms with Gasteiger partial charge >= 0.3 is 0 Å². The third kappa shape index (κ3) is 2.15. The largest absolute Gasteiger partial charge is 0.106 e. The molecule has 0 N–H and O–H groups in total. The lowest BCUT2D eigenvalue weighted by Gasteiger charge is -2.05. The van der Waals surface area contributed by atoms with Crippen molar-refractivity contribution in [2.75, 3.05) is 0 Å². The van der Waals surface area contributed by atoms with Gasteiger partial charge in [0, 0.05) is 9.99 Å². The highest BCUT2D eigenvalue weighted by atomic mass is 127. The third-order valence-electron chi connectivity index (χ3n) is 2.43. The summed E-state index contributed by atoms with van der Waals surface area (Å²) in [5.41, 5.74) is 1.35. The number of rotatable bonds is 1. The van der Waals surface area contributed by atoms with Gasteiger partial charge in [0.2, 0.25) is 0 Å². The quantitative estimate of drug-likeness (QED) is 0.551. The Morgan fingerprint density at radius 3 is 2.73 bits per heavy atom. The molecule has 0 aliphatic carbocycles. The first-order valence-corrected chi connectivity index (χ1v) is 5.96. The van der Waals surface area contributed by atoms with Crippen LogP contribution in [0.2, 0.25) is 0 Å². The van der Waals surface area contributed by atoms with Crippen LogP contribution in [0.25, 0.3) is 10.8 Å². The lowest BCUT2D eigenvalue weighted by Crippen LogP contribution is -1.89. The van der Waals surface area contributed by atoms with Gasteiger partial charge in [-0.3, -0.25) is 0 Å². The van der Waals surface area contributed by atoms with E-state index < -0.39 is 0 Å². The minimum Gasteiger partial charge on any atom is -0.106 e. The fraction of sp³-hybridized carbons (Fsp3) is 0.143. The summed E-state index contributed by atoms with van der Waals surface area (Å²) in [7, 11) is 0. The van der Waals surface area contributed by atoms with Crippen LogP contribution in [0, 0.1) is 15.4 Å². The molecule has 2 rings (SSSR count). The third-order valence-corrected chi connectivity index (χ3v) is 3.44. The van der Waals surface area contributed by atoms with Gasteiger partial charge in [0.1, 0.15) is 0 Å². The molecule has 0 unspecified atom stereocenters. The topological polar surface area (TPSA) is 0 Å². The summed E-state index contributed by atoms with van der Waals surface area (Å²) in [4.78, 5) is 0. The van der Waals surface area contributed by atoms with Crippen molar-refractivity contribution in [3.8, 4) is 11.8 Å². The Labute approximate surface area is 104 Å². The van der Waals surface area contributed by atoms with Crippen LogP contribution in [0.4, 0.5) is 0 Å². The Morgan fingerprint density at radius 2 is 1.93 bits per heavy atom. The molecule has 0 saturated heterocycles. The van der Waals surface area contributed by atoms with Gasteiger partial charge in [0.15, 0.2) is 0 Å². The second kappa shape index (κ2) is 4.67. The van der Waals surface area contributed by atoms with E-state index in [0.29, 0.717) is 0 Å². The van der Waals surface area contributed by atoms with Crippen molar-refractivity contribution in [3.63, 3.8) is 0 Å². The zero-order valence-corrected chi connectivity index (χ0v) is 10.7. The van der Waals surface area contributed by atoms with Crippen LogP contribution in [0.1, 0.15) is 12.5 Å². The molecule has 0 saturated carbocycles. The number of hydrogen-bond acceptors (Lipinski definition) is 0. The molecule has 2 aromatic rings. The van der Waals surface area contributed by atoms with E-state index >= 15 is 0 Å². The van der Waals surface area contributed by atoms with Crippen LogP contribution < -0.4 is 0 Å². The van der Waals surface area contributed by atoms with Crippen LogP contribution in [-0.4, -0.2) is 0 Å². The van der Waals surface area contributed by atoms with Crippen LogP contribution >= 0.6 is 22.6 Å². The van der Waals surface area contributed by atoms with Crippen molar-refractivity contribution < 1.29 is 0 Å². The van der Waals surface area contributed by atoms with E-state index in [4.69, 9.17) is 0 Å². The van der Waals surface area contributed by atoms with Crippen LogP contribution in [-0.2, 0) is 6.42 Å². The Hall–Kier alpha value is -1.01. The molecule has 0 aliphatic heterocycles. The fourth-order valence-electron chi connectivity index (χ4n) is 1.67. The summed E-state index contributed by atoms with van der Waals surface area (Å²) in [6, 6.07) is 12.8. The molecule has 0 bridgehead atoms. The summed E-state index contributed by atoms with van der Waals surface area (Å²) in [5.74, 6) is 6.10. The molecule has 0 fully saturated rings. The SMILES string of the molecule is CC#CCc1c(I)ccc2ccccc12. The first kappa shape index (κ1) is 10.5. The maximum Gasteiger partial charge on any atom is 0.0356 e. The maximum absolute atomic E-state index is 3.14. The van der Waals surface area contributed by atoms with E-state index in [1.54, 1.807) is 0 Å². The van der Waals surface area contributed by atoms with Crippen molar-refractivity contribution in [2.45, 2.75) is 13.3 Å². The van der Waals surface area contributed by atoms with Crippen LogP contribution in [0.3, 0.4) is 0 Å². The van der Waals surface area contributed by atoms with E-state index in [9.17, 15) is 0 Å². The molecule has 0 amide bonds. The molecular weight excluding hydrogens is 295 g/mol. The summed E-state index contributed by atoms with van der Waals surface area (Å²) in [6.07, 6.45) is 0.843. The number of fused-ring (bicyclic) bond motifs is 1. The van der Waals surface area contributed by atoms with Gasteiger partial charge in [-0.25, -0.2) is 0 Å². The molecule has 0 aromatic heterocycles. The van der Waals surface area contributed by atoms with E-state index in [0.717, 1.165) is 6.42 Å². The Balaban J connectivity index is 2.66. The first-order chi connectivity index (χ1) is 7.33. The van der Waals surface area contributed by atoms with Gasteiger partial charge in [-0.2, -0.15) is 0 Å². The highest BCUT2D eigenvalue weighted by Gasteiger charge is 2.03. The first-order valence-electron chi connectivity index (χ1n) is 4.88. The Bertz CT molecular complexity index is 544. The molecule has 0 heterocycles. The average molecular weight is 306 g/mol. The Kier molecular flexibility index (Phi) is 3.27. The molecule has 0 radical (unpaired) electrons. The molecule has 0 aliphatic rings. The monoisotopic (exact) mass is 306 g/mol. The minimum atomic E-state index is 0.843. The van der Waals surface area contributed by atoms with E-state index in [2.05, 4.69) is 70.8 Å². The normalized spacial score (nSPS) is 9.73. The molecular formula is C14H11I. The van der Waals surface area contributed by atoms with Crippen molar-refractivity contribution >= 4 is 33.4 Å². The molecule has 2 aromatic carbocycles. The van der Waals surface area contributed by atoms with Crippen LogP contribution in [0.15, 0.2) is 36.4 Å². The van der Waals surface area contributed by atoms with Gasteiger partial charge in [-0.05, 0) is 51.9 Å². The standard InChI is InChI=1S/C14H11I/c1-2-3-7-13-12-8-5-4-6-11(12)9-10-14(13)15/h4-6,8-10H,7H2,1H3. The van der Waals surface area contributed by atoms with Gasteiger partial charge in [-0.1, -0.05) is 36.3 Å². The zero-order valence-electron chi connectivity index (χ0n) is 8.55. The molecule has 15 heavy (non-hydrogen) atoms. The summed E-state index contributed by atoms with van der Waals surface area (Å²) < 4.78 is 1.30. The average Bonchev–Trinajstić information content (AvgIpc) is 2.28. The lowest BCUT2D eigenvalue weighted by molar-refractivity contribution is 1.33. The van der Waals surface area contributed by atoms with Crippen LogP contribution in [0.5, 0.6) is 0 Å². The predicted octanol–water partition coefficient (Wildman–Crippen LogP) is 4.01. The second-order valence-electron chi connectivity index (χ2n) is 3.35. The molecule has 0 nitrogen and oxygen atoms in total. The van der Waals surface area contributed by atoms with Gasteiger partial charge in [0.05, 0.1) is 0 Å². The van der Waals surface area contributed by atoms with Gasteiger partial charge < -0.3 is 0 Å². The van der Waals surface area contributed by atoms with Crippen molar-refractivity contribution in [1.82, 2.24) is 0 Å². The van der Waals surface area contributed by atoms with Gasteiger partial charge in [0.25, 0.3) is 0 Å². The minimum absolute atomic E-state index is 0.843. The summed E-state index contributed by atoms with van der Waals surface area (Å²) in [6.45, 7) is 1.89. The maximum atomic E-state index is 3.14.